The monoisotopic (exact) mass is 405 g/mol. The number of hydrogen-bond donors (Lipinski definition) is 2. The number of aliphatic hydroxyl groups excluding tert-OH is 1. The van der Waals surface area contributed by atoms with Gasteiger partial charge in [0.2, 0.25) is 0 Å². The first kappa shape index (κ1) is 23.0. The summed E-state index contributed by atoms with van der Waals surface area (Å²) in [6, 6.07) is 13.8. The van der Waals surface area contributed by atoms with Crippen LogP contribution in [0.3, 0.4) is 0 Å². The van der Waals surface area contributed by atoms with Crippen LogP contribution < -0.4 is 10.5 Å². The van der Waals surface area contributed by atoms with Gasteiger partial charge in [0.1, 0.15) is 11.8 Å². The Kier molecular flexibility index (Phi) is 7.61. The highest BCUT2D eigenvalue weighted by molar-refractivity contribution is 5.60. The summed E-state index contributed by atoms with van der Waals surface area (Å²) in [5.74, 6) is -0.115. The van der Waals surface area contributed by atoms with E-state index < -0.39 is 11.3 Å². The molecule has 0 saturated carbocycles. The van der Waals surface area contributed by atoms with Crippen LogP contribution in [0.5, 0.6) is 5.75 Å². The van der Waals surface area contributed by atoms with Crippen LogP contribution in [0.1, 0.15) is 25.3 Å². The highest BCUT2D eigenvalue weighted by Crippen LogP contribution is 2.55. The predicted molar refractivity (Wildman–Crippen MR) is 113 cm³/mol. The first-order chi connectivity index (χ1) is 14.5. The lowest BCUT2D eigenvalue weighted by Crippen LogP contribution is -2.48. The number of allylic oxidation sites excluding steroid dienone is 2. The minimum atomic E-state index is -1.63. The minimum Gasteiger partial charge on any atom is -0.496 e. The average Bonchev–Trinajstić information content (AvgIpc) is 2.78. The van der Waals surface area contributed by atoms with Crippen LogP contribution in [-0.2, 0) is 0 Å². The summed E-state index contributed by atoms with van der Waals surface area (Å²) in [6.45, 7) is 6.20. The number of rotatable bonds is 3. The van der Waals surface area contributed by atoms with Gasteiger partial charge in [-0.25, -0.2) is 0 Å². The predicted octanol–water partition coefficient (Wildman–Crippen LogP) is 2.44. The molecule has 2 aliphatic rings. The fraction of sp³-hybridized carbons (Fsp3) is 0.435. The van der Waals surface area contributed by atoms with Gasteiger partial charge in [-0.3, -0.25) is 4.90 Å². The molecule has 0 spiro atoms. The van der Waals surface area contributed by atoms with Crippen molar-refractivity contribution in [3.05, 3.63) is 52.7 Å². The summed E-state index contributed by atoms with van der Waals surface area (Å²) in [5.41, 5.74) is 6.57. The fourth-order valence-electron chi connectivity index (χ4n) is 4.27. The Hall–Kier alpha value is -3.31. The van der Waals surface area contributed by atoms with Crippen LogP contribution in [0.2, 0.25) is 0 Å². The van der Waals surface area contributed by atoms with Crippen LogP contribution in [0.15, 0.2) is 47.2 Å². The lowest BCUT2D eigenvalue weighted by molar-refractivity contribution is 0.212. The Morgan fingerprint density at radius 1 is 1.23 bits per heavy atom. The number of methoxy groups -OCH3 is 1. The van der Waals surface area contributed by atoms with Crippen molar-refractivity contribution in [1.82, 2.24) is 4.90 Å². The molecule has 30 heavy (non-hydrogen) atoms. The molecule has 1 aliphatic heterocycles. The number of likely N-dealkylation sites (N-methyl/N-ethyl adjacent to an activating group) is 1. The van der Waals surface area contributed by atoms with Crippen molar-refractivity contribution in [3.63, 3.8) is 0 Å². The van der Waals surface area contributed by atoms with E-state index in [1.807, 2.05) is 30.3 Å². The van der Waals surface area contributed by atoms with E-state index in [1.54, 1.807) is 14.0 Å². The largest absolute Gasteiger partial charge is 0.496 e. The molecule has 3 rings (SSSR count). The number of para-hydroxylation sites is 1. The Morgan fingerprint density at radius 3 is 2.40 bits per heavy atom. The van der Waals surface area contributed by atoms with E-state index in [1.165, 1.54) is 0 Å². The standard InChI is InChI=1S/C21H21N5O.C2H6O/c1-3-26-9-8-14-16(10-22)20(25)21(12-23,13-24)19(17(14)11-26)15-6-4-5-7-18(15)27-2;1-2-3/h4-8,17,19H,3,9,11,25H2,1-2H3;3H,2H2,1H3. The zero-order valence-corrected chi connectivity index (χ0v) is 17.6. The van der Waals surface area contributed by atoms with Crippen LogP contribution in [0, 0.1) is 45.3 Å². The van der Waals surface area contributed by atoms with E-state index in [0.717, 1.165) is 17.7 Å². The molecular weight excluding hydrogens is 378 g/mol. The molecule has 1 aliphatic carbocycles. The number of aliphatic hydroxyl groups is 1. The van der Waals surface area contributed by atoms with Gasteiger partial charge in [-0.15, -0.1) is 0 Å². The number of nitrogens with zero attached hydrogens (tertiary/aromatic N) is 4. The summed E-state index contributed by atoms with van der Waals surface area (Å²) in [5, 5.41) is 37.4. The average molecular weight is 406 g/mol. The third kappa shape index (κ3) is 3.76. The van der Waals surface area contributed by atoms with E-state index >= 15 is 0 Å². The van der Waals surface area contributed by atoms with Gasteiger partial charge in [-0.05, 0) is 25.1 Å². The second-order valence-corrected chi connectivity index (χ2v) is 7.09. The number of ether oxygens (including phenoxy) is 1. The van der Waals surface area contributed by atoms with Crippen molar-refractivity contribution >= 4 is 0 Å². The Bertz CT molecular complexity index is 947. The second-order valence-electron chi connectivity index (χ2n) is 7.09. The topological polar surface area (TPSA) is 130 Å². The number of benzene rings is 1. The molecule has 1 aromatic carbocycles. The lowest BCUT2D eigenvalue weighted by atomic mass is 9.58. The summed E-state index contributed by atoms with van der Waals surface area (Å²) in [6.07, 6.45) is 2.00. The normalized spacial score (nSPS) is 22.2. The number of nitrogens with two attached hydrogens (primary N) is 1. The van der Waals surface area contributed by atoms with Gasteiger partial charge in [0.15, 0.2) is 5.41 Å². The zero-order valence-electron chi connectivity index (χ0n) is 17.6. The third-order valence-electron chi connectivity index (χ3n) is 5.66. The molecule has 156 valence electrons. The van der Waals surface area contributed by atoms with E-state index in [2.05, 4.69) is 30.0 Å². The molecule has 0 amide bonds. The summed E-state index contributed by atoms with van der Waals surface area (Å²) < 4.78 is 5.53. The molecule has 2 unspecified atom stereocenters. The lowest BCUT2D eigenvalue weighted by Gasteiger charge is -2.45. The first-order valence-corrected chi connectivity index (χ1v) is 9.88. The first-order valence-electron chi connectivity index (χ1n) is 9.88. The molecule has 0 fully saturated rings. The van der Waals surface area contributed by atoms with E-state index in [9.17, 15) is 15.8 Å². The molecule has 2 atom stereocenters. The van der Waals surface area contributed by atoms with Crippen molar-refractivity contribution in [2.45, 2.75) is 19.8 Å². The summed E-state index contributed by atoms with van der Waals surface area (Å²) in [7, 11) is 1.57. The number of nitriles is 3. The highest BCUT2D eigenvalue weighted by atomic mass is 16.5. The van der Waals surface area contributed by atoms with E-state index in [4.69, 9.17) is 15.6 Å². The molecule has 0 radical (unpaired) electrons. The zero-order chi connectivity index (χ0) is 22.3. The molecule has 7 nitrogen and oxygen atoms in total. The van der Waals surface area contributed by atoms with Gasteiger partial charge in [0, 0.05) is 37.1 Å². The van der Waals surface area contributed by atoms with Crippen molar-refractivity contribution in [1.29, 1.82) is 15.8 Å². The second kappa shape index (κ2) is 9.94. The van der Waals surface area contributed by atoms with Crippen LogP contribution in [0.25, 0.3) is 0 Å². The van der Waals surface area contributed by atoms with Gasteiger partial charge in [-0.2, -0.15) is 15.8 Å². The molecule has 1 aromatic rings. The van der Waals surface area contributed by atoms with Gasteiger partial charge >= 0.3 is 0 Å². The summed E-state index contributed by atoms with van der Waals surface area (Å²) in [4.78, 5) is 2.23. The quantitative estimate of drug-likeness (QED) is 0.790. The Balaban J connectivity index is 0.00000101. The van der Waals surface area contributed by atoms with E-state index in [0.29, 0.717) is 18.8 Å². The fourth-order valence-corrected chi connectivity index (χ4v) is 4.27. The van der Waals surface area contributed by atoms with Crippen LogP contribution >= 0.6 is 0 Å². The van der Waals surface area contributed by atoms with E-state index in [-0.39, 0.29) is 23.8 Å². The molecule has 1 heterocycles. The molecule has 0 saturated heterocycles. The van der Waals surface area contributed by atoms with Gasteiger partial charge in [0.05, 0.1) is 30.5 Å². The molecular formula is C23H27N5O2. The smallest absolute Gasteiger partial charge is 0.191 e. The number of hydrogen-bond acceptors (Lipinski definition) is 7. The Morgan fingerprint density at radius 2 is 1.87 bits per heavy atom. The maximum absolute atomic E-state index is 10.1. The maximum Gasteiger partial charge on any atom is 0.191 e. The third-order valence-corrected chi connectivity index (χ3v) is 5.66. The molecule has 3 N–H and O–H groups in total. The number of fused-ring (bicyclic) bond motifs is 1. The molecule has 0 aromatic heterocycles. The summed E-state index contributed by atoms with van der Waals surface area (Å²) >= 11 is 0. The van der Waals surface area contributed by atoms with Crippen molar-refractivity contribution in [3.8, 4) is 24.0 Å². The van der Waals surface area contributed by atoms with Crippen molar-refractivity contribution in [2.24, 2.45) is 17.1 Å². The van der Waals surface area contributed by atoms with Gasteiger partial charge in [0.25, 0.3) is 0 Å². The van der Waals surface area contributed by atoms with Crippen molar-refractivity contribution in [2.75, 3.05) is 33.4 Å². The minimum absolute atomic E-state index is 0.0401. The van der Waals surface area contributed by atoms with Gasteiger partial charge < -0.3 is 15.6 Å². The van der Waals surface area contributed by atoms with Gasteiger partial charge in [-0.1, -0.05) is 31.2 Å². The maximum atomic E-state index is 10.1. The SMILES string of the molecule is CCN1CC=C2C(C#N)=C(N)C(C#N)(C#N)C(c3ccccc3OC)C2C1.CCO. The Labute approximate surface area is 177 Å². The van der Waals surface area contributed by atoms with Crippen LogP contribution in [0.4, 0.5) is 0 Å². The molecule has 0 bridgehead atoms. The van der Waals surface area contributed by atoms with Crippen LogP contribution in [-0.4, -0.2) is 43.4 Å². The molecule has 7 heteroatoms. The highest BCUT2D eigenvalue weighted by Gasteiger charge is 2.55. The van der Waals surface area contributed by atoms with Crippen molar-refractivity contribution < 1.29 is 9.84 Å².